The molecule has 0 aromatic carbocycles. The van der Waals surface area contributed by atoms with E-state index in [4.69, 9.17) is 14.2 Å². The summed E-state index contributed by atoms with van der Waals surface area (Å²) in [4.78, 5) is 6.80. The molecule has 0 saturated carbocycles. The zero-order valence-electron chi connectivity index (χ0n) is 16.2. The Morgan fingerprint density at radius 2 is 1.77 bits per heavy atom. The monoisotopic (exact) mass is 481 g/mol. The Kier molecular flexibility index (Phi) is 10.5. The van der Waals surface area contributed by atoms with Crippen LogP contribution in [0.5, 0.6) is 0 Å². The van der Waals surface area contributed by atoms with E-state index < -0.39 is 0 Å². The van der Waals surface area contributed by atoms with Gasteiger partial charge in [0.15, 0.2) is 5.96 Å². The van der Waals surface area contributed by atoms with E-state index in [0.29, 0.717) is 18.3 Å². The Morgan fingerprint density at radius 3 is 2.42 bits per heavy atom. The number of hydrogen-bond acceptors (Lipinski definition) is 4. The number of piperidine rings is 1. The van der Waals surface area contributed by atoms with E-state index in [0.717, 1.165) is 71.1 Å². The lowest BCUT2D eigenvalue weighted by molar-refractivity contribution is -0.0721. The second kappa shape index (κ2) is 12.4. The van der Waals surface area contributed by atoms with Gasteiger partial charge in [-0.05, 0) is 51.4 Å². The molecule has 1 N–H and O–H groups in total. The molecule has 3 heterocycles. The molecule has 2 unspecified atom stereocenters. The highest BCUT2D eigenvalue weighted by molar-refractivity contribution is 14.0. The first-order valence-corrected chi connectivity index (χ1v) is 10.2. The van der Waals surface area contributed by atoms with Crippen LogP contribution in [0.25, 0.3) is 0 Å². The van der Waals surface area contributed by atoms with E-state index in [1.165, 1.54) is 25.7 Å². The van der Waals surface area contributed by atoms with Crippen LogP contribution in [0.2, 0.25) is 0 Å². The van der Waals surface area contributed by atoms with Crippen LogP contribution in [-0.4, -0.2) is 75.7 Å². The highest BCUT2D eigenvalue weighted by atomic mass is 127. The highest BCUT2D eigenvalue weighted by Crippen LogP contribution is 2.18. The van der Waals surface area contributed by atoms with Gasteiger partial charge in [0.1, 0.15) is 0 Å². The molecule has 3 aliphatic rings. The molecule has 3 rings (SSSR count). The summed E-state index contributed by atoms with van der Waals surface area (Å²) in [5.41, 5.74) is 0. The van der Waals surface area contributed by atoms with Crippen LogP contribution in [0, 0.1) is 0 Å². The van der Waals surface area contributed by atoms with Crippen LogP contribution in [-0.2, 0) is 14.2 Å². The number of halogens is 1. The van der Waals surface area contributed by atoms with Gasteiger partial charge in [0.05, 0.1) is 24.9 Å². The van der Waals surface area contributed by atoms with Crippen molar-refractivity contribution < 1.29 is 14.2 Å². The van der Waals surface area contributed by atoms with E-state index in [9.17, 15) is 0 Å². The number of likely N-dealkylation sites (tertiary alicyclic amines) is 1. The Labute approximate surface area is 175 Å². The molecular formula is C19H36IN3O3. The number of nitrogens with one attached hydrogen (secondary N) is 1. The maximum atomic E-state index is 6.10. The molecular weight excluding hydrogens is 445 g/mol. The fraction of sp³-hybridized carbons (Fsp3) is 0.947. The first-order valence-electron chi connectivity index (χ1n) is 10.2. The van der Waals surface area contributed by atoms with Gasteiger partial charge in [-0.25, -0.2) is 0 Å². The molecule has 0 bridgehead atoms. The average Bonchev–Trinajstić information content (AvgIpc) is 3.18. The molecule has 7 heteroatoms. The molecule has 3 fully saturated rings. The number of hydrogen-bond donors (Lipinski definition) is 1. The summed E-state index contributed by atoms with van der Waals surface area (Å²) >= 11 is 0. The van der Waals surface area contributed by atoms with Crippen molar-refractivity contribution in [2.75, 3.05) is 46.5 Å². The van der Waals surface area contributed by atoms with Crippen LogP contribution in [0.15, 0.2) is 4.99 Å². The first kappa shape index (κ1) is 22.2. The molecule has 0 aromatic heterocycles. The molecule has 0 aliphatic carbocycles. The smallest absolute Gasteiger partial charge is 0.193 e. The molecule has 2 atom stereocenters. The van der Waals surface area contributed by atoms with Crippen molar-refractivity contribution in [3.63, 3.8) is 0 Å². The lowest BCUT2D eigenvalue weighted by Gasteiger charge is -2.35. The van der Waals surface area contributed by atoms with Crippen molar-refractivity contribution in [1.82, 2.24) is 10.2 Å². The van der Waals surface area contributed by atoms with Crippen LogP contribution in [0.1, 0.15) is 51.4 Å². The van der Waals surface area contributed by atoms with Gasteiger partial charge >= 0.3 is 0 Å². The van der Waals surface area contributed by atoms with Crippen molar-refractivity contribution in [3.05, 3.63) is 0 Å². The Hall–Kier alpha value is -0.120. The predicted molar refractivity (Wildman–Crippen MR) is 115 cm³/mol. The number of nitrogens with zero attached hydrogens (tertiary/aromatic N) is 2. The lowest BCUT2D eigenvalue weighted by atomic mass is 10.1. The molecule has 0 amide bonds. The molecule has 3 saturated heterocycles. The zero-order valence-corrected chi connectivity index (χ0v) is 18.5. The maximum absolute atomic E-state index is 6.10. The fourth-order valence-corrected chi connectivity index (χ4v) is 3.97. The fourth-order valence-electron chi connectivity index (χ4n) is 3.97. The van der Waals surface area contributed by atoms with Crippen molar-refractivity contribution in [3.8, 4) is 0 Å². The first-order chi connectivity index (χ1) is 12.3. The lowest BCUT2D eigenvalue weighted by Crippen LogP contribution is -2.47. The SMILES string of the molecule is CN=C(NCCC1CCCO1)N1CCC(OCC2CCCCO2)CC1.I. The normalized spacial score (nSPS) is 28.0. The second-order valence-corrected chi connectivity index (χ2v) is 7.41. The number of guanidine groups is 1. The predicted octanol–water partition coefficient (Wildman–Crippen LogP) is 2.80. The Morgan fingerprint density at radius 1 is 1.04 bits per heavy atom. The van der Waals surface area contributed by atoms with E-state index in [1.807, 2.05) is 7.05 Å². The summed E-state index contributed by atoms with van der Waals surface area (Å²) in [6.45, 7) is 5.55. The molecule has 6 nitrogen and oxygen atoms in total. The summed E-state index contributed by atoms with van der Waals surface area (Å²) < 4.78 is 17.5. The summed E-state index contributed by atoms with van der Waals surface area (Å²) in [6.07, 6.45) is 10.4. The largest absolute Gasteiger partial charge is 0.378 e. The molecule has 152 valence electrons. The summed E-state index contributed by atoms with van der Waals surface area (Å²) in [5, 5.41) is 3.50. The van der Waals surface area contributed by atoms with Gasteiger partial charge in [-0.3, -0.25) is 4.99 Å². The van der Waals surface area contributed by atoms with Gasteiger partial charge in [-0.1, -0.05) is 0 Å². The Bertz CT molecular complexity index is 405. The van der Waals surface area contributed by atoms with Gasteiger partial charge in [0.2, 0.25) is 0 Å². The van der Waals surface area contributed by atoms with Crippen molar-refractivity contribution >= 4 is 29.9 Å². The minimum Gasteiger partial charge on any atom is -0.378 e. The number of rotatable bonds is 6. The van der Waals surface area contributed by atoms with Crippen molar-refractivity contribution in [1.29, 1.82) is 0 Å². The van der Waals surface area contributed by atoms with Crippen molar-refractivity contribution in [2.45, 2.75) is 69.7 Å². The minimum atomic E-state index is 0. The minimum absolute atomic E-state index is 0. The summed E-state index contributed by atoms with van der Waals surface area (Å²) in [7, 11) is 1.87. The average molecular weight is 481 g/mol. The van der Waals surface area contributed by atoms with Gasteiger partial charge in [0.25, 0.3) is 0 Å². The molecule has 3 aliphatic heterocycles. The van der Waals surface area contributed by atoms with Gasteiger partial charge in [0, 0.05) is 39.9 Å². The Balaban J connectivity index is 0.00000243. The van der Waals surface area contributed by atoms with Crippen LogP contribution in [0.4, 0.5) is 0 Å². The third kappa shape index (κ3) is 7.13. The van der Waals surface area contributed by atoms with Crippen LogP contribution >= 0.6 is 24.0 Å². The van der Waals surface area contributed by atoms with E-state index in [1.54, 1.807) is 0 Å². The molecule has 26 heavy (non-hydrogen) atoms. The van der Waals surface area contributed by atoms with E-state index in [-0.39, 0.29) is 24.0 Å². The topological polar surface area (TPSA) is 55.3 Å². The van der Waals surface area contributed by atoms with Crippen LogP contribution in [0.3, 0.4) is 0 Å². The van der Waals surface area contributed by atoms with Gasteiger partial charge in [-0.2, -0.15) is 0 Å². The molecule has 0 radical (unpaired) electrons. The number of aliphatic imine (C=N–C) groups is 1. The standard InChI is InChI=1S/C19H35N3O3.HI/c1-20-19(21-10-7-16-6-4-14-23-16)22-11-8-17(9-12-22)25-15-18-5-2-3-13-24-18;/h16-18H,2-15H2,1H3,(H,20,21);1H. The third-order valence-corrected chi connectivity index (χ3v) is 5.52. The van der Waals surface area contributed by atoms with Crippen molar-refractivity contribution in [2.24, 2.45) is 4.99 Å². The quantitative estimate of drug-likeness (QED) is 0.359. The van der Waals surface area contributed by atoms with Crippen LogP contribution < -0.4 is 5.32 Å². The maximum Gasteiger partial charge on any atom is 0.193 e. The summed E-state index contributed by atoms with van der Waals surface area (Å²) in [5.74, 6) is 1.02. The molecule has 0 spiro atoms. The summed E-state index contributed by atoms with van der Waals surface area (Å²) in [6, 6.07) is 0. The van der Waals surface area contributed by atoms with E-state index >= 15 is 0 Å². The number of ether oxygens (including phenoxy) is 3. The molecule has 0 aromatic rings. The zero-order chi connectivity index (χ0) is 17.3. The highest BCUT2D eigenvalue weighted by Gasteiger charge is 2.24. The van der Waals surface area contributed by atoms with Gasteiger partial charge < -0.3 is 24.4 Å². The third-order valence-electron chi connectivity index (χ3n) is 5.52. The van der Waals surface area contributed by atoms with E-state index in [2.05, 4.69) is 15.2 Å². The second-order valence-electron chi connectivity index (χ2n) is 7.41. The van der Waals surface area contributed by atoms with Gasteiger partial charge in [-0.15, -0.1) is 24.0 Å².